The molecule has 0 fully saturated rings. The number of benzene rings is 4. The van der Waals surface area contributed by atoms with Crippen molar-refractivity contribution in [3.8, 4) is 45.0 Å². The van der Waals surface area contributed by atoms with Gasteiger partial charge < -0.3 is 41.8 Å². The lowest BCUT2D eigenvalue weighted by molar-refractivity contribution is 0.0486. The predicted molar refractivity (Wildman–Crippen MR) is 247 cm³/mol. The van der Waals surface area contributed by atoms with Crippen LogP contribution in [0.25, 0.3) is 67.1 Å². The van der Waals surface area contributed by atoms with Crippen LogP contribution in [0, 0.1) is 11.6 Å². The van der Waals surface area contributed by atoms with Crippen molar-refractivity contribution >= 4 is 57.6 Å². The number of aromatic amines is 2. The molecule has 0 unspecified atom stereocenters. The first-order chi connectivity index (χ1) is 33.7. The Morgan fingerprint density at radius 2 is 0.886 bits per heavy atom. The average Bonchev–Trinajstić information content (AvgIpc) is 3.99. The van der Waals surface area contributed by atoms with Crippen molar-refractivity contribution in [2.75, 3.05) is 39.5 Å². The normalized spacial score (nSPS) is 11.2. The number of carbonyl (C=O) groups is 6. The molecule has 4 aromatic carbocycles. The van der Waals surface area contributed by atoms with Crippen molar-refractivity contribution in [1.82, 2.24) is 41.0 Å². The number of carboxylic acids is 2. The molecule has 10 N–H and O–H groups in total. The quantitative estimate of drug-likeness (QED) is 0.0497. The van der Waals surface area contributed by atoms with Crippen molar-refractivity contribution in [1.29, 1.82) is 0 Å². The fourth-order valence-electron chi connectivity index (χ4n) is 7.42. The molecular weight excluding hydrogens is 915 g/mol. The van der Waals surface area contributed by atoms with Gasteiger partial charge in [0.05, 0.1) is 82.2 Å². The average molecular weight is 953 g/mol. The fourth-order valence-corrected chi connectivity index (χ4v) is 7.42. The second kappa shape index (κ2) is 20.3. The molecule has 0 saturated heterocycles. The van der Waals surface area contributed by atoms with Crippen molar-refractivity contribution in [3.63, 3.8) is 0 Å². The van der Waals surface area contributed by atoms with E-state index in [4.69, 9.17) is 20.9 Å². The molecule has 0 aliphatic carbocycles. The van der Waals surface area contributed by atoms with E-state index < -0.39 is 46.5 Å². The standard InChI is InChI=1S/C48H38F2N10O10/c49-33-11-9-27(19-29(33)47(65)66)35-21-31(41(51)61)37-39(57-59-43(37)55-35)23-1-5-25(6-2-23)45(63)53-13-15-69-17-18-70-16-14-54-46(64)26-7-3-24(4-8-26)40-38-32(42(52)62)22-36(56-44(38)60-58-40)28-10-12-34(50)30(20-28)48(67)68/h1-12,19-22H,13-18H2,(H2,51,61)(H2,52,62)(H,53,63)(H,54,64)(H,65,66)(H,67,68)(H,55,57,59)(H,56,58,60). The van der Waals surface area contributed by atoms with Gasteiger partial charge in [-0.1, -0.05) is 24.3 Å². The topological polar surface area (TPSA) is 321 Å². The molecule has 0 aliphatic heterocycles. The number of aromatic carboxylic acids is 2. The van der Waals surface area contributed by atoms with Crippen LogP contribution in [0.3, 0.4) is 0 Å². The van der Waals surface area contributed by atoms with Gasteiger partial charge in [-0.25, -0.2) is 28.3 Å². The van der Waals surface area contributed by atoms with Gasteiger partial charge in [-0.05, 0) is 72.8 Å². The molecular formula is C48H38F2N10O10. The number of H-pyrrole nitrogens is 2. The maximum absolute atomic E-state index is 14.0. The van der Waals surface area contributed by atoms with Crippen LogP contribution in [0.5, 0.6) is 0 Å². The van der Waals surface area contributed by atoms with E-state index in [9.17, 15) is 47.8 Å². The number of hydrogen-bond acceptors (Lipinski definition) is 12. The summed E-state index contributed by atoms with van der Waals surface area (Å²) < 4.78 is 39.2. The minimum Gasteiger partial charge on any atom is -0.478 e. The number of nitrogens with one attached hydrogen (secondary N) is 4. The smallest absolute Gasteiger partial charge is 0.338 e. The zero-order valence-corrected chi connectivity index (χ0v) is 36.3. The Labute approximate surface area is 393 Å². The summed E-state index contributed by atoms with van der Waals surface area (Å²) in [4.78, 5) is 82.6. The van der Waals surface area contributed by atoms with E-state index in [0.717, 1.165) is 24.3 Å². The third kappa shape index (κ3) is 10.0. The molecule has 4 amide bonds. The summed E-state index contributed by atoms with van der Waals surface area (Å²) in [5.74, 6) is -7.12. The van der Waals surface area contributed by atoms with Crippen molar-refractivity contribution in [2.24, 2.45) is 11.5 Å². The van der Waals surface area contributed by atoms with E-state index in [1.54, 1.807) is 48.5 Å². The van der Waals surface area contributed by atoms with Gasteiger partial charge in [0.2, 0.25) is 11.8 Å². The minimum absolute atomic E-state index is 0.0408. The molecule has 22 heteroatoms. The highest BCUT2D eigenvalue weighted by Crippen LogP contribution is 2.34. The summed E-state index contributed by atoms with van der Waals surface area (Å²) in [6, 6.07) is 22.5. The number of aromatic nitrogens is 6. The maximum Gasteiger partial charge on any atom is 0.338 e. The molecule has 8 rings (SSSR count). The van der Waals surface area contributed by atoms with Crippen LogP contribution in [-0.4, -0.2) is 116 Å². The van der Waals surface area contributed by atoms with Crippen molar-refractivity contribution in [3.05, 3.63) is 142 Å². The van der Waals surface area contributed by atoms with Gasteiger partial charge >= 0.3 is 11.9 Å². The number of rotatable bonds is 19. The SMILES string of the molecule is NC(=O)c1cc(-c2ccc(F)c(C(=O)O)c2)nc2n[nH]c(-c3ccc(C(=O)NCCOCCOCCNC(=O)c4ccc(-c5[nH]nc6nc(-c7ccc(F)c(C(=O)O)c7)cc(C(N)=O)c56)cc4)cc3)c12. The maximum atomic E-state index is 14.0. The van der Waals surface area contributed by atoms with Crippen molar-refractivity contribution < 1.29 is 57.2 Å². The van der Waals surface area contributed by atoms with Crippen LogP contribution in [0.2, 0.25) is 0 Å². The lowest BCUT2D eigenvalue weighted by atomic mass is 10.0. The number of carbonyl (C=O) groups excluding carboxylic acids is 4. The molecule has 354 valence electrons. The lowest BCUT2D eigenvalue weighted by Gasteiger charge is -2.09. The highest BCUT2D eigenvalue weighted by molar-refractivity contribution is 6.12. The van der Waals surface area contributed by atoms with E-state index in [-0.39, 0.29) is 96.3 Å². The Morgan fingerprint density at radius 3 is 1.24 bits per heavy atom. The Hall–Kier alpha value is -9.28. The minimum atomic E-state index is -1.47. The lowest BCUT2D eigenvalue weighted by Crippen LogP contribution is -2.28. The number of ether oxygens (including phenoxy) is 2. The number of primary amides is 2. The largest absolute Gasteiger partial charge is 0.478 e. The van der Waals surface area contributed by atoms with Crippen molar-refractivity contribution in [2.45, 2.75) is 0 Å². The molecule has 0 aliphatic rings. The van der Waals surface area contributed by atoms with Gasteiger partial charge in [-0.2, -0.15) is 10.2 Å². The van der Waals surface area contributed by atoms with Gasteiger partial charge in [0, 0.05) is 46.5 Å². The molecule has 4 heterocycles. The Kier molecular flexibility index (Phi) is 13.7. The van der Waals surface area contributed by atoms with Gasteiger partial charge in [-0.15, -0.1) is 0 Å². The van der Waals surface area contributed by atoms with Gasteiger partial charge in [0.1, 0.15) is 11.6 Å². The molecule has 0 radical (unpaired) electrons. The number of halogens is 2. The number of nitrogens with two attached hydrogens (primary N) is 2. The highest BCUT2D eigenvalue weighted by Gasteiger charge is 2.23. The number of amides is 4. The molecule has 0 saturated carbocycles. The van der Waals surface area contributed by atoms with Crippen LogP contribution < -0.4 is 22.1 Å². The molecule has 70 heavy (non-hydrogen) atoms. The first-order valence-corrected chi connectivity index (χ1v) is 21.1. The third-order valence-corrected chi connectivity index (χ3v) is 10.9. The van der Waals surface area contributed by atoms with E-state index in [1.807, 2.05) is 0 Å². The van der Waals surface area contributed by atoms with Gasteiger partial charge in [-0.3, -0.25) is 29.4 Å². The summed E-state index contributed by atoms with van der Waals surface area (Å²) in [5.41, 5.74) is 14.0. The van der Waals surface area contributed by atoms with E-state index >= 15 is 0 Å². The molecule has 20 nitrogen and oxygen atoms in total. The molecule has 0 bridgehead atoms. The number of fused-ring (bicyclic) bond motifs is 2. The third-order valence-electron chi connectivity index (χ3n) is 10.9. The Balaban J connectivity index is 0.765. The predicted octanol–water partition coefficient (Wildman–Crippen LogP) is 4.96. The number of nitrogens with zero attached hydrogens (tertiary/aromatic N) is 4. The zero-order valence-electron chi connectivity index (χ0n) is 36.3. The van der Waals surface area contributed by atoms with Crippen LogP contribution >= 0.6 is 0 Å². The first kappa shape index (κ1) is 47.2. The monoisotopic (exact) mass is 952 g/mol. The van der Waals surface area contributed by atoms with E-state index in [0.29, 0.717) is 44.4 Å². The van der Waals surface area contributed by atoms with E-state index in [2.05, 4.69) is 41.0 Å². The summed E-state index contributed by atoms with van der Waals surface area (Å²) in [7, 11) is 0. The molecule has 4 aromatic heterocycles. The van der Waals surface area contributed by atoms with Crippen LogP contribution in [-0.2, 0) is 9.47 Å². The van der Waals surface area contributed by atoms with Gasteiger partial charge in [0.25, 0.3) is 11.8 Å². The van der Waals surface area contributed by atoms with Gasteiger partial charge in [0.15, 0.2) is 11.3 Å². The summed E-state index contributed by atoms with van der Waals surface area (Å²) >= 11 is 0. The zero-order chi connectivity index (χ0) is 49.6. The Bertz CT molecular complexity index is 3150. The van der Waals surface area contributed by atoms with Crippen LogP contribution in [0.15, 0.2) is 97.1 Å². The summed E-state index contributed by atoms with van der Waals surface area (Å²) in [6.45, 7) is 1.25. The second-order valence-corrected chi connectivity index (χ2v) is 15.3. The van der Waals surface area contributed by atoms with Crippen LogP contribution in [0.1, 0.15) is 62.1 Å². The first-order valence-electron chi connectivity index (χ1n) is 21.1. The highest BCUT2D eigenvalue weighted by atomic mass is 19.1. The number of hydrogen-bond donors (Lipinski definition) is 8. The summed E-state index contributed by atoms with van der Waals surface area (Å²) in [6.07, 6.45) is 0. The number of pyridine rings is 2. The fraction of sp³-hybridized carbons (Fsp3) is 0.125. The second-order valence-electron chi connectivity index (χ2n) is 15.3. The molecule has 0 atom stereocenters. The Morgan fingerprint density at radius 1 is 0.514 bits per heavy atom. The molecule has 0 spiro atoms. The number of carboxylic acid groups (broad SMARTS) is 2. The van der Waals surface area contributed by atoms with Crippen LogP contribution in [0.4, 0.5) is 8.78 Å². The molecule has 8 aromatic rings. The van der Waals surface area contributed by atoms with E-state index in [1.165, 1.54) is 24.3 Å². The summed E-state index contributed by atoms with van der Waals surface area (Å²) in [5, 5.41) is 38.9.